The lowest BCUT2D eigenvalue weighted by atomic mass is 10.0. The van der Waals surface area contributed by atoms with Crippen LogP contribution >= 0.6 is 27.3 Å². The van der Waals surface area contributed by atoms with E-state index in [4.69, 9.17) is 5.73 Å². The van der Waals surface area contributed by atoms with Crippen molar-refractivity contribution in [3.63, 3.8) is 0 Å². The molecule has 1 fully saturated rings. The molecular formula is C13H19BrN2OS. The van der Waals surface area contributed by atoms with Crippen molar-refractivity contribution in [1.82, 2.24) is 4.90 Å². The number of carbonyl (C=O) groups excluding carboxylic acids is 1. The Labute approximate surface area is 120 Å². The summed E-state index contributed by atoms with van der Waals surface area (Å²) in [7, 11) is 0. The highest BCUT2D eigenvalue weighted by atomic mass is 79.9. The molecule has 3 nitrogen and oxygen atoms in total. The smallest absolute Gasteiger partial charge is 0.223 e. The second-order valence-corrected chi connectivity index (χ2v) is 6.83. The Hall–Kier alpha value is -0.390. The summed E-state index contributed by atoms with van der Waals surface area (Å²) in [6.07, 6.45) is 2.41. The van der Waals surface area contributed by atoms with Crippen LogP contribution in [0.4, 0.5) is 0 Å². The van der Waals surface area contributed by atoms with Crippen LogP contribution in [0.5, 0.6) is 0 Å². The number of nitrogens with two attached hydrogens (primary N) is 1. The minimum Gasteiger partial charge on any atom is -0.331 e. The van der Waals surface area contributed by atoms with Crippen LogP contribution < -0.4 is 5.73 Å². The second kappa shape index (κ2) is 5.72. The van der Waals surface area contributed by atoms with E-state index in [1.54, 1.807) is 11.3 Å². The average Bonchev–Trinajstić information content (AvgIpc) is 2.64. The van der Waals surface area contributed by atoms with Gasteiger partial charge in [0.25, 0.3) is 0 Å². The van der Waals surface area contributed by atoms with Crippen molar-refractivity contribution in [3.8, 4) is 0 Å². The SMILES string of the molecule is CC(C)N1C(=O)CCCC(N)C1c1sccc1Br. The Balaban J connectivity index is 2.42. The summed E-state index contributed by atoms with van der Waals surface area (Å²) in [5.74, 6) is 0.225. The summed E-state index contributed by atoms with van der Waals surface area (Å²) in [5.41, 5.74) is 6.32. The normalized spacial score (nSPS) is 25.6. The summed E-state index contributed by atoms with van der Waals surface area (Å²) < 4.78 is 1.06. The molecule has 2 atom stereocenters. The Morgan fingerprint density at radius 3 is 2.83 bits per heavy atom. The van der Waals surface area contributed by atoms with Crippen molar-refractivity contribution in [3.05, 3.63) is 20.8 Å². The zero-order valence-corrected chi connectivity index (χ0v) is 13.1. The first-order chi connectivity index (χ1) is 8.52. The molecule has 0 aliphatic carbocycles. The Morgan fingerprint density at radius 2 is 2.28 bits per heavy atom. The number of rotatable bonds is 2. The van der Waals surface area contributed by atoms with Gasteiger partial charge < -0.3 is 10.6 Å². The lowest BCUT2D eigenvalue weighted by molar-refractivity contribution is -0.135. The van der Waals surface area contributed by atoms with Crippen LogP contribution in [0.1, 0.15) is 44.0 Å². The van der Waals surface area contributed by atoms with Gasteiger partial charge in [0.15, 0.2) is 0 Å². The molecule has 0 spiro atoms. The Morgan fingerprint density at radius 1 is 1.56 bits per heavy atom. The lowest BCUT2D eigenvalue weighted by Crippen LogP contribution is -2.45. The average molecular weight is 331 g/mol. The molecule has 1 aromatic heterocycles. The van der Waals surface area contributed by atoms with Gasteiger partial charge in [0.05, 0.1) is 6.04 Å². The minimum absolute atomic E-state index is 0.00868. The first-order valence-electron chi connectivity index (χ1n) is 6.32. The van der Waals surface area contributed by atoms with Crippen LogP contribution in [0.3, 0.4) is 0 Å². The van der Waals surface area contributed by atoms with Gasteiger partial charge >= 0.3 is 0 Å². The highest BCUT2D eigenvalue weighted by Crippen LogP contribution is 2.38. The largest absolute Gasteiger partial charge is 0.331 e. The Kier molecular flexibility index (Phi) is 4.45. The van der Waals surface area contributed by atoms with Crippen LogP contribution in [0.15, 0.2) is 15.9 Å². The van der Waals surface area contributed by atoms with Gasteiger partial charge in [-0.3, -0.25) is 4.79 Å². The van der Waals surface area contributed by atoms with Gasteiger partial charge in [-0.05, 0) is 54.1 Å². The van der Waals surface area contributed by atoms with Gasteiger partial charge in [0.1, 0.15) is 0 Å². The van der Waals surface area contributed by atoms with E-state index >= 15 is 0 Å². The van der Waals surface area contributed by atoms with Crippen LogP contribution in [-0.2, 0) is 4.79 Å². The van der Waals surface area contributed by atoms with Crippen LogP contribution in [0, 0.1) is 0 Å². The van der Waals surface area contributed by atoms with Gasteiger partial charge in [0, 0.05) is 27.9 Å². The molecule has 100 valence electrons. The first-order valence-corrected chi connectivity index (χ1v) is 7.99. The van der Waals surface area contributed by atoms with Gasteiger partial charge in [0.2, 0.25) is 5.91 Å². The monoisotopic (exact) mass is 330 g/mol. The van der Waals surface area contributed by atoms with Crippen molar-refractivity contribution >= 4 is 33.2 Å². The molecule has 2 rings (SSSR count). The van der Waals surface area contributed by atoms with E-state index in [0.717, 1.165) is 17.3 Å². The maximum atomic E-state index is 12.3. The maximum absolute atomic E-state index is 12.3. The summed E-state index contributed by atoms with van der Waals surface area (Å²) in [5, 5.41) is 2.04. The molecule has 1 amide bonds. The molecule has 1 aromatic rings. The maximum Gasteiger partial charge on any atom is 0.223 e. The quantitative estimate of drug-likeness (QED) is 0.904. The van der Waals surface area contributed by atoms with E-state index in [-0.39, 0.29) is 24.0 Å². The number of likely N-dealkylation sites (tertiary alicyclic amines) is 1. The zero-order chi connectivity index (χ0) is 13.3. The highest BCUT2D eigenvalue weighted by Gasteiger charge is 2.35. The molecular weight excluding hydrogens is 312 g/mol. The molecule has 18 heavy (non-hydrogen) atoms. The van der Waals surface area contributed by atoms with E-state index in [2.05, 4.69) is 29.8 Å². The molecule has 5 heteroatoms. The highest BCUT2D eigenvalue weighted by molar-refractivity contribution is 9.10. The van der Waals surface area contributed by atoms with E-state index in [9.17, 15) is 4.79 Å². The van der Waals surface area contributed by atoms with Gasteiger partial charge in [-0.2, -0.15) is 0 Å². The number of halogens is 1. The van der Waals surface area contributed by atoms with Crippen molar-refractivity contribution in [2.45, 2.75) is 51.2 Å². The van der Waals surface area contributed by atoms with Gasteiger partial charge in [-0.1, -0.05) is 0 Å². The Bertz CT molecular complexity index is 432. The fourth-order valence-corrected chi connectivity index (χ4v) is 4.36. The molecule has 1 aliphatic heterocycles. The van der Waals surface area contributed by atoms with Gasteiger partial charge in [-0.15, -0.1) is 11.3 Å². The van der Waals surface area contributed by atoms with Crippen molar-refractivity contribution < 1.29 is 4.79 Å². The number of hydrogen-bond donors (Lipinski definition) is 1. The summed E-state index contributed by atoms with van der Waals surface area (Å²) in [4.78, 5) is 15.4. The summed E-state index contributed by atoms with van der Waals surface area (Å²) in [6, 6.07) is 2.24. The van der Waals surface area contributed by atoms with Gasteiger partial charge in [-0.25, -0.2) is 0 Å². The lowest BCUT2D eigenvalue weighted by Gasteiger charge is -2.36. The fourth-order valence-electron chi connectivity index (χ4n) is 2.58. The number of thiophene rings is 1. The van der Waals surface area contributed by atoms with Crippen LogP contribution in [0.25, 0.3) is 0 Å². The minimum atomic E-state index is 0.00868. The van der Waals surface area contributed by atoms with Crippen molar-refractivity contribution in [2.75, 3.05) is 0 Å². The molecule has 0 bridgehead atoms. The van der Waals surface area contributed by atoms with E-state index < -0.39 is 0 Å². The van der Waals surface area contributed by atoms with E-state index in [0.29, 0.717) is 6.42 Å². The third-order valence-corrected chi connectivity index (χ3v) is 5.33. The van der Waals surface area contributed by atoms with Crippen molar-refractivity contribution in [2.24, 2.45) is 5.73 Å². The van der Waals surface area contributed by atoms with E-state index in [1.165, 1.54) is 4.88 Å². The van der Waals surface area contributed by atoms with E-state index in [1.807, 2.05) is 16.3 Å². The number of carbonyl (C=O) groups is 1. The molecule has 0 saturated carbocycles. The third-order valence-electron chi connectivity index (χ3n) is 3.39. The zero-order valence-electron chi connectivity index (χ0n) is 10.7. The number of hydrogen-bond acceptors (Lipinski definition) is 3. The molecule has 2 unspecified atom stereocenters. The molecule has 2 N–H and O–H groups in total. The first kappa shape index (κ1) is 14.0. The predicted molar refractivity (Wildman–Crippen MR) is 78.6 cm³/mol. The third kappa shape index (κ3) is 2.63. The summed E-state index contributed by atoms with van der Waals surface area (Å²) in [6.45, 7) is 4.12. The van der Waals surface area contributed by atoms with Crippen LogP contribution in [-0.4, -0.2) is 22.9 Å². The molecule has 2 heterocycles. The predicted octanol–water partition coefficient (Wildman–Crippen LogP) is 3.30. The molecule has 0 radical (unpaired) electrons. The molecule has 1 aliphatic rings. The standard InChI is InChI=1S/C13H19BrN2OS/c1-8(2)16-11(17)5-3-4-10(15)12(16)13-9(14)6-7-18-13/h6-8,10,12H,3-5,15H2,1-2H3. The topological polar surface area (TPSA) is 46.3 Å². The number of amides is 1. The summed E-state index contributed by atoms with van der Waals surface area (Å²) >= 11 is 5.24. The number of nitrogens with zero attached hydrogens (tertiary/aromatic N) is 1. The second-order valence-electron chi connectivity index (χ2n) is 5.03. The van der Waals surface area contributed by atoms with Crippen molar-refractivity contribution in [1.29, 1.82) is 0 Å². The molecule has 0 aromatic carbocycles. The fraction of sp³-hybridized carbons (Fsp3) is 0.615. The van der Waals surface area contributed by atoms with Crippen LogP contribution in [0.2, 0.25) is 0 Å². The molecule has 1 saturated heterocycles.